The Kier molecular flexibility index (Phi) is 6.97. The van der Waals surface area contributed by atoms with Gasteiger partial charge in [0.2, 0.25) is 0 Å². The molecule has 0 saturated carbocycles. The van der Waals surface area contributed by atoms with Gasteiger partial charge in [0.25, 0.3) is 0 Å². The van der Waals surface area contributed by atoms with Gasteiger partial charge in [-0.3, -0.25) is 0 Å². The van der Waals surface area contributed by atoms with E-state index in [1.165, 1.54) is 27.8 Å². The van der Waals surface area contributed by atoms with E-state index in [-0.39, 0.29) is 6.04 Å². The number of aryl methyl sites for hydroxylation is 2. The van der Waals surface area contributed by atoms with Crippen LogP contribution in [0.2, 0.25) is 0 Å². The summed E-state index contributed by atoms with van der Waals surface area (Å²) in [5.74, 6) is 1.67. The van der Waals surface area contributed by atoms with Gasteiger partial charge >= 0.3 is 0 Å². The molecule has 28 heavy (non-hydrogen) atoms. The molecular weight excluding hydrogens is 348 g/mol. The van der Waals surface area contributed by atoms with Crippen molar-refractivity contribution >= 4 is 0 Å². The van der Waals surface area contributed by atoms with Crippen molar-refractivity contribution in [3.8, 4) is 11.5 Å². The van der Waals surface area contributed by atoms with Gasteiger partial charge in [0.15, 0.2) is 11.5 Å². The number of rotatable bonds is 8. The second-order valence-electron chi connectivity index (χ2n) is 7.52. The maximum absolute atomic E-state index is 6.18. The van der Waals surface area contributed by atoms with Crippen molar-refractivity contribution < 1.29 is 9.47 Å². The van der Waals surface area contributed by atoms with Crippen LogP contribution in [0.4, 0.5) is 0 Å². The van der Waals surface area contributed by atoms with E-state index >= 15 is 0 Å². The third kappa shape index (κ3) is 4.34. The van der Waals surface area contributed by atoms with Gasteiger partial charge in [0.05, 0.1) is 13.2 Å². The maximum atomic E-state index is 6.18. The summed E-state index contributed by atoms with van der Waals surface area (Å²) < 4.78 is 11.8. The third-order valence-corrected chi connectivity index (χ3v) is 5.87. The quantitative estimate of drug-likeness (QED) is 0.739. The summed E-state index contributed by atoms with van der Waals surface area (Å²) in [5, 5.41) is 3.73. The Balaban J connectivity index is 1.92. The molecule has 0 aromatic heterocycles. The molecule has 1 atom stereocenters. The lowest BCUT2D eigenvalue weighted by Gasteiger charge is -2.31. The van der Waals surface area contributed by atoms with Crippen molar-refractivity contribution in [2.24, 2.45) is 0 Å². The average molecular weight is 383 g/mol. The number of nitrogens with one attached hydrogen (secondary N) is 1. The van der Waals surface area contributed by atoms with Crippen molar-refractivity contribution in [2.45, 2.75) is 40.2 Å². The molecule has 1 aliphatic heterocycles. The fourth-order valence-electron chi connectivity index (χ4n) is 4.20. The van der Waals surface area contributed by atoms with Crippen LogP contribution in [0.5, 0.6) is 11.5 Å². The van der Waals surface area contributed by atoms with Crippen LogP contribution in [-0.2, 0) is 6.42 Å². The first kappa shape index (κ1) is 20.7. The summed E-state index contributed by atoms with van der Waals surface area (Å²) in [6.45, 7) is 13.4. The van der Waals surface area contributed by atoms with E-state index < -0.39 is 0 Å². The minimum absolute atomic E-state index is 0.195. The van der Waals surface area contributed by atoms with Crippen LogP contribution < -0.4 is 14.8 Å². The molecule has 3 rings (SSSR count). The summed E-state index contributed by atoms with van der Waals surface area (Å²) in [5.41, 5.74) is 6.68. The number of fused-ring (bicyclic) bond motifs is 1. The van der Waals surface area contributed by atoms with Crippen molar-refractivity contribution in [1.82, 2.24) is 10.2 Å². The lowest BCUT2D eigenvalue weighted by Crippen LogP contribution is -2.32. The number of ether oxygens (including phenoxy) is 2. The van der Waals surface area contributed by atoms with Crippen LogP contribution in [-0.4, -0.2) is 44.8 Å². The van der Waals surface area contributed by atoms with Gasteiger partial charge in [-0.15, -0.1) is 0 Å². The van der Waals surface area contributed by atoms with Crippen molar-refractivity contribution in [3.05, 3.63) is 58.1 Å². The van der Waals surface area contributed by atoms with Crippen LogP contribution in [0, 0.1) is 13.8 Å². The molecule has 0 aliphatic carbocycles. The Labute approximate surface area is 169 Å². The van der Waals surface area contributed by atoms with Gasteiger partial charge < -0.3 is 19.7 Å². The van der Waals surface area contributed by atoms with Crippen LogP contribution >= 0.6 is 0 Å². The van der Waals surface area contributed by atoms with E-state index in [1.54, 1.807) is 7.11 Å². The molecule has 1 N–H and O–H groups in total. The van der Waals surface area contributed by atoms with Crippen LogP contribution in [0.1, 0.15) is 47.7 Å². The highest BCUT2D eigenvalue weighted by molar-refractivity contribution is 5.53. The highest BCUT2D eigenvalue weighted by Gasteiger charge is 2.26. The molecule has 0 amide bonds. The Morgan fingerprint density at radius 1 is 1.07 bits per heavy atom. The molecular formula is C24H34N2O2. The lowest BCUT2D eigenvalue weighted by molar-refractivity contribution is 0.217. The van der Waals surface area contributed by atoms with Crippen molar-refractivity contribution in [2.75, 3.05) is 39.9 Å². The average Bonchev–Trinajstić information content (AvgIpc) is 2.70. The third-order valence-electron chi connectivity index (χ3n) is 5.87. The number of likely N-dealkylation sites (N-methyl/N-ethyl adjacent to an activating group) is 1. The van der Waals surface area contributed by atoms with Gasteiger partial charge in [-0.05, 0) is 73.3 Å². The zero-order valence-electron chi connectivity index (χ0n) is 18.0. The Hall–Kier alpha value is -2.04. The summed E-state index contributed by atoms with van der Waals surface area (Å²) in [6.07, 6.45) is 1.01. The maximum Gasteiger partial charge on any atom is 0.161 e. The Morgan fingerprint density at radius 2 is 1.79 bits per heavy atom. The number of hydrogen-bond donors (Lipinski definition) is 1. The second-order valence-corrected chi connectivity index (χ2v) is 7.52. The van der Waals surface area contributed by atoms with E-state index in [9.17, 15) is 0 Å². The van der Waals surface area contributed by atoms with Gasteiger partial charge in [0, 0.05) is 13.1 Å². The second kappa shape index (κ2) is 9.44. The fourth-order valence-corrected chi connectivity index (χ4v) is 4.20. The molecule has 4 heteroatoms. The van der Waals surface area contributed by atoms with Crippen LogP contribution in [0.25, 0.3) is 0 Å². The molecule has 2 aromatic rings. The molecule has 4 nitrogen and oxygen atoms in total. The molecule has 2 aromatic carbocycles. The smallest absolute Gasteiger partial charge is 0.161 e. The predicted molar refractivity (Wildman–Crippen MR) is 116 cm³/mol. The van der Waals surface area contributed by atoms with Gasteiger partial charge in [-0.2, -0.15) is 0 Å². The molecule has 0 fully saturated rings. The SMILES string of the molecule is CCN(CC)CCOc1cc2c(cc1OC)CCNC2c1c(C)cccc1C. The number of methoxy groups -OCH3 is 1. The Bertz CT molecular complexity index is 779. The molecule has 1 heterocycles. The number of benzene rings is 2. The van der Waals surface area contributed by atoms with Crippen molar-refractivity contribution in [3.63, 3.8) is 0 Å². The largest absolute Gasteiger partial charge is 0.493 e. The van der Waals surface area contributed by atoms with E-state index in [4.69, 9.17) is 9.47 Å². The lowest BCUT2D eigenvalue weighted by atomic mass is 9.85. The van der Waals surface area contributed by atoms with Gasteiger partial charge in [-0.1, -0.05) is 32.0 Å². The van der Waals surface area contributed by atoms with E-state index in [2.05, 4.69) is 68.2 Å². The summed E-state index contributed by atoms with van der Waals surface area (Å²) in [4.78, 5) is 2.37. The first-order valence-electron chi connectivity index (χ1n) is 10.4. The number of nitrogens with zero attached hydrogens (tertiary/aromatic N) is 1. The zero-order valence-corrected chi connectivity index (χ0v) is 18.0. The van der Waals surface area contributed by atoms with Crippen LogP contribution in [0.3, 0.4) is 0 Å². The highest BCUT2D eigenvalue weighted by Crippen LogP contribution is 2.39. The van der Waals surface area contributed by atoms with E-state index in [1.807, 2.05) is 0 Å². The molecule has 0 bridgehead atoms. The zero-order chi connectivity index (χ0) is 20.1. The molecule has 1 aliphatic rings. The monoisotopic (exact) mass is 382 g/mol. The predicted octanol–water partition coefficient (Wildman–Crippen LogP) is 4.27. The minimum atomic E-state index is 0.195. The summed E-state index contributed by atoms with van der Waals surface area (Å²) in [7, 11) is 1.73. The van der Waals surface area contributed by atoms with Gasteiger partial charge in [0.1, 0.15) is 6.61 Å². The van der Waals surface area contributed by atoms with Crippen molar-refractivity contribution in [1.29, 1.82) is 0 Å². The van der Waals surface area contributed by atoms with E-state index in [0.29, 0.717) is 6.61 Å². The normalized spacial score (nSPS) is 16.1. The fraction of sp³-hybridized carbons (Fsp3) is 0.500. The van der Waals surface area contributed by atoms with Gasteiger partial charge in [-0.25, -0.2) is 0 Å². The Morgan fingerprint density at radius 3 is 2.43 bits per heavy atom. The van der Waals surface area contributed by atoms with E-state index in [0.717, 1.165) is 44.1 Å². The molecule has 0 radical (unpaired) electrons. The molecule has 152 valence electrons. The molecule has 0 spiro atoms. The first-order chi connectivity index (χ1) is 13.6. The highest BCUT2D eigenvalue weighted by atomic mass is 16.5. The molecule has 0 saturated heterocycles. The summed E-state index contributed by atoms with van der Waals surface area (Å²) >= 11 is 0. The summed E-state index contributed by atoms with van der Waals surface area (Å²) in [6, 6.07) is 11.1. The minimum Gasteiger partial charge on any atom is -0.493 e. The number of hydrogen-bond acceptors (Lipinski definition) is 4. The standard InChI is InChI=1S/C24H34N2O2/c1-6-26(7-2)13-14-28-22-16-20-19(15-21(22)27-5)11-12-25-24(20)23-17(3)9-8-10-18(23)4/h8-10,15-16,24-25H,6-7,11-14H2,1-5H3. The first-order valence-corrected chi connectivity index (χ1v) is 10.4. The topological polar surface area (TPSA) is 33.7 Å². The molecule has 1 unspecified atom stereocenters. The van der Waals surface area contributed by atoms with Crippen LogP contribution in [0.15, 0.2) is 30.3 Å².